The highest BCUT2D eigenvalue weighted by atomic mass is 35.5. The molecule has 0 radical (unpaired) electrons. The molecule has 0 aliphatic rings. The summed E-state index contributed by atoms with van der Waals surface area (Å²) in [6.45, 7) is 2.76. The fourth-order valence-corrected chi connectivity index (χ4v) is 2.70. The van der Waals surface area contributed by atoms with Crippen molar-refractivity contribution in [3.05, 3.63) is 53.9 Å². The van der Waals surface area contributed by atoms with Crippen LogP contribution in [0.2, 0.25) is 0 Å². The molecule has 0 bridgehead atoms. The lowest BCUT2D eigenvalue weighted by atomic mass is 10.2. The van der Waals surface area contributed by atoms with Gasteiger partial charge in [-0.15, -0.1) is 0 Å². The molecule has 0 amide bonds. The second kappa shape index (κ2) is 9.28. The van der Waals surface area contributed by atoms with Crippen LogP contribution < -0.4 is 14.2 Å². The van der Waals surface area contributed by atoms with Gasteiger partial charge < -0.3 is 18.7 Å². The molecule has 146 valence electrons. The molecule has 1 heterocycles. The Morgan fingerprint density at radius 3 is 2.50 bits per heavy atom. The van der Waals surface area contributed by atoms with Gasteiger partial charge >= 0.3 is 0 Å². The predicted octanol–water partition coefficient (Wildman–Crippen LogP) is 5.28. The van der Waals surface area contributed by atoms with Crippen molar-refractivity contribution in [2.24, 2.45) is 0 Å². The zero-order valence-corrected chi connectivity index (χ0v) is 16.7. The van der Waals surface area contributed by atoms with Crippen molar-refractivity contribution in [1.82, 2.24) is 10.1 Å². The van der Waals surface area contributed by atoms with Crippen molar-refractivity contribution < 1.29 is 18.7 Å². The van der Waals surface area contributed by atoms with Crippen molar-refractivity contribution in [3.63, 3.8) is 0 Å². The van der Waals surface area contributed by atoms with Gasteiger partial charge in [-0.3, -0.25) is 0 Å². The molecule has 3 rings (SSSR count). The van der Waals surface area contributed by atoms with Crippen molar-refractivity contribution >= 4 is 22.7 Å². The number of halogens is 1. The van der Waals surface area contributed by atoms with E-state index in [1.165, 1.54) is 0 Å². The van der Waals surface area contributed by atoms with Gasteiger partial charge in [-0.05, 0) is 48.4 Å². The highest BCUT2D eigenvalue weighted by Crippen LogP contribution is 2.32. The summed E-state index contributed by atoms with van der Waals surface area (Å²) in [4.78, 5) is 4.37. The second-order valence-corrected chi connectivity index (χ2v) is 6.31. The summed E-state index contributed by atoms with van der Waals surface area (Å²) in [5.74, 6) is 2.67. The Hall–Kier alpha value is -2.99. The minimum absolute atomic E-state index is 0.234. The fourth-order valence-electron chi connectivity index (χ4n) is 2.50. The molecule has 3 aromatic rings. The van der Waals surface area contributed by atoms with E-state index in [0.29, 0.717) is 29.0 Å². The van der Waals surface area contributed by atoms with E-state index in [1.54, 1.807) is 32.4 Å². The van der Waals surface area contributed by atoms with Crippen LogP contribution in [0.3, 0.4) is 0 Å². The van der Waals surface area contributed by atoms with Crippen molar-refractivity contribution in [2.45, 2.75) is 13.3 Å². The molecular weight excluding hydrogens is 380 g/mol. The molecule has 2 aromatic carbocycles. The monoisotopic (exact) mass is 400 g/mol. The molecule has 0 fully saturated rings. The number of hydrogen-bond acceptors (Lipinski definition) is 6. The Morgan fingerprint density at radius 1 is 1.07 bits per heavy atom. The first-order valence-corrected chi connectivity index (χ1v) is 9.19. The third-order valence-electron chi connectivity index (χ3n) is 3.92. The fraction of sp³-hybridized carbons (Fsp3) is 0.238. The van der Waals surface area contributed by atoms with Crippen LogP contribution in [-0.4, -0.2) is 31.0 Å². The molecule has 6 nitrogen and oxygen atoms in total. The van der Waals surface area contributed by atoms with Crippen LogP contribution in [-0.2, 0) is 0 Å². The van der Waals surface area contributed by atoms with Crippen LogP contribution in [0.15, 0.2) is 47.0 Å². The van der Waals surface area contributed by atoms with E-state index in [-0.39, 0.29) is 5.89 Å². The Labute approximate surface area is 168 Å². The largest absolute Gasteiger partial charge is 0.494 e. The third-order valence-corrected chi connectivity index (χ3v) is 4.19. The van der Waals surface area contributed by atoms with Gasteiger partial charge in [0.2, 0.25) is 5.82 Å². The summed E-state index contributed by atoms with van der Waals surface area (Å²) in [5.41, 5.74) is 1.63. The summed E-state index contributed by atoms with van der Waals surface area (Å²) < 4.78 is 21.4. The zero-order chi connectivity index (χ0) is 19.9. The maximum atomic E-state index is 6.36. The molecule has 0 atom stereocenters. The number of aromatic nitrogens is 2. The molecule has 0 unspecified atom stereocenters. The van der Waals surface area contributed by atoms with E-state index in [1.807, 2.05) is 30.3 Å². The zero-order valence-electron chi connectivity index (χ0n) is 15.9. The number of nitrogens with zero attached hydrogens (tertiary/aromatic N) is 2. The maximum absolute atomic E-state index is 6.36. The van der Waals surface area contributed by atoms with E-state index in [4.69, 9.17) is 30.3 Å². The van der Waals surface area contributed by atoms with E-state index < -0.39 is 0 Å². The Bertz CT molecular complexity index is 951. The minimum atomic E-state index is 0.234. The average molecular weight is 401 g/mol. The van der Waals surface area contributed by atoms with Crippen LogP contribution in [0.4, 0.5) is 0 Å². The van der Waals surface area contributed by atoms with Gasteiger partial charge in [0.25, 0.3) is 5.89 Å². The summed E-state index contributed by atoms with van der Waals surface area (Å²) >= 11 is 6.36. The second-order valence-electron chi connectivity index (χ2n) is 5.90. The van der Waals surface area contributed by atoms with Gasteiger partial charge in [-0.1, -0.05) is 35.8 Å². The van der Waals surface area contributed by atoms with Crippen LogP contribution in [0.5, 0.6) is 17.2 Å². The molecule has 28 heavy (non-hydrogen) atoms. The Morgan fingerprint density at radius 2 is 1.82 bits per heavy atom. The molecule has 0 aliphatic heterocycles. The molecule has 0 N–H and O–H groups in total. The summed E-state index contributed by atoms with van der Waals surface area (Å²) in [6, 6.07) is 13.0. The SMILES string of the molecule is CCCOc1ccc(/C=C(\Cl)c2nc(-c3ccc(OC)c(OC)c3)no2)cc1. The minimum Gasteiger partial charge on any atom is -0.494 e. The first kappa shape index (κ1) is 19.8. The first-order chi connectivity index (χ1) is 13.6. The van der Waals surface area contributed by atoms with E-state index in [0.717, 1.165) is 23.3 Å². The lowest BCUT2D eigenvalue weighted by molar-refractivity contribution is 0.317. The Balaban J connectivity index is 1.78. The normalized spacial score (nSPS) is 11.4. The van der Waals surface area contributed by atoms with Crippen LogP contribution >= 0.6 is 11.6 Å². The number of methoxy groups -OCH3 is 2. The molecule has 0 saturated heterocycles. The van der Waals surface area contributed by atoms with Crippen molar-refractivity contribution in [2.75, 3.05) is 20.8 Å². The van der Waals surface area contributed by atoms with E-state index >= 15 is 0 Å². The van der Waals surface area contributed by atoms with E-state index in [9.17, 15) is 0 Å². The number of hydrogen-bond donors (Lipinski definition) is 0. The molecule has 7 heteroatoms. The summed E-state index contributed by atoms with van der Waals surface area (Å²) in [5, 5.41) is 4.35. The highest BCUT2D eigenvalue weighted by Gasteiger charge is 2.14. The average Bonchev–Trinajstić information content (AvgIpc) is 3.23. The number of rotatable bonds is 8. The molecular formula is C21H21ClN2O4. The standard InChI is InChI=1S/C21H21ClN2O4/c1-4-11-27-16-8-5-14(6-9-16)12-17(22)21-23-20(24-28-21)15-7-10-18(25-2)19(13-15)26-3/h5-10,12-13H,4,11H2,1-3H3/b17-12-. The van der Waals surface area contributed by atoms with Crippen molar-refractivity contribution in [3.8, 4) is 28.6 Å². The first-order valence-electron chi connectivity index (χ1n) is 8.81. The summed E-state index contributed by atoms with van der Waals surface area (Å²) in [7, 11) is 3.15. The lowest BCUT2D eigenvalue weighted by Crippen LogP contribution is -1.94. The molecule has 0 spiro atoms. The predicted molar refractivity (Wildman–Crippen MR) is 109 cm³/mol. The highest BCUT2D eigenvalue weighted by molar-refractivity contribution is 6.50. The maximum Gasteiger partial charge on any atom is 0.269 e. The number of benzene rings is 2. The van der Waals surface area contributed by atoms with Gasteiger partial charge in [-0.2, -0.15) is 4.98 Å². The van der Waals surface area contributed by atoms with Gasteiger partial charge in [0.1, 0.15) is 10.8 Å². The lowest BCUT2D eigenvalue weighted by Gasteiger charge is -2.07. The van der Waals surface area contributed by atoms with Crippen LogP contribution in [0.1, 0.15) is 24.8 Å². The summed E-state index contributed by atoms with van der Waals surface area (Å²) in [6.07, 6.45) is 2.73. The topological polar surface area (TPSA) is 66.6 Å². The van der Waals surface area contributed by atoms with Gasteiger partial charge in [0.15, 0.2) is 11.5 Å². The van der Waals surface area contributed by atoms with E-state index in [2.05, 4.69) is 17.1 Å². The quantitative estimate of drug-likeness (QED) is 0.512. The van der Waals surface area contributed by atoms with Crippen LogP contribution in [0, 0.1) is 0 Å². The smallest absolute Gasteiger partial charge is 0.269 e. The van der Waals surface area contributed by atoms with Gasteiger partial charge in [0, 0.05) is 5.56 Å². The van der Waals surface area contributed by atoms with Crippen molar-refractivity contribution in [1.29, 1.82) is 0 Å². The molecule has 0 aliphatic carbocycles. The van der Waals surface area contributed by atoms with Gasteiger partial charge in [0.05, 0.1) is 20.8 Å². The Kier molecular flexibility index (Phi) is 6.55. The number of ether oxygens (including phenoxy) is 3. The molecule has 0 saturated carbocycles. The van der Waals surface area contributed by atoms with Crippen LogP contribution in [0.25, 0.3) is 22.5 Å². The molecule has 1 aromatic heterocycles. The third kappa shape index (κ3) is 4.64. The van der Waals surface area contributed by atoms with Gasteiger partial charge in [-0.25, -0.2) is 0 Å².